The molecule has 2 N–H and O–H groups in total. The van der Waals surface area contributed by atoms with E-state index in [0.717, 1.165) is 21.4 Å². The van der Waals surface area contributed by atoms with Crippen LogP contribution in [0.25, 0.3) is 5.69 Å². The minimum absolute atomic E-state index is 0.0813. The van der Waals surface area contributed by atoms with Crippen molar-refractivity contribution in [2.24, 2.45) is 5.10 Å². The van der Waals surface area contributed by atoms with Crippen LogP contribution in [-0.2, 0) is 6.54 Å². The third kappa shape index (κ3) is 3.54. The molecule has 0 bridgehead atoms. The van der Waals surface area contributed by atoms with Gasteiger partial charge < -0.3 is 10.2 Å². The van der Waals surface area contributed by atoms with Gasteiger partial charge in [-0.2, -0.15) is 9.94 Å². The molecule has 2 aromatic carbocycles. The number of benzene rings is 2. The van der Waals surface area contributed by atoms with E-state index in [9.17, 15) is 9.59 Å². The number of halogens is 2. The lowest BCUT2D eigenvalue weighted by atomic mass is 10.0. The Kier molecular flexibility index (Phi) is 5.03. The molecule has 2 heterocycles. The SMILES string of the molecule is Cc1ccc2c(c1)CNN=C2Oc1c(Cl)cc(-n2nc(C#N)c(=O)[nH]c2=O)cc1Cl. The fourth-order valence-corrected chi connectivity index (χ4v) is 3.48. The maximum Gasteiger partial charge on any atom is 0.349 e. The van der Waals surface area contributed by atoms with Crippen LogP contribution in [0.4, 0.5) is 0 Å². The normalized spacial score (nSPS) is 12.4. The van der Waals surface area contributed by atoms with Gasteiger partial charge in [-0.3, -0.25) is 9.78 Å². The number of nitriles is 1. The van der Waals surface area contributed by atoms with Gasteiger partial charge in [0.05, 0.1) is 22.3 Å². The largest absolute Gasteiger partial charge is 0.434 e. The summed E-state index contributed by atoms with van der Waals surface area (Å²) in [5, 5.41) is 17.1. The maximum atomic E-state index is 12.1. The molecule has 1 aliphatic rings. The summed E-state index contributed by atoms with van der Waals surface area (Å²) in [6, 6.07) is 10.2. The van der Waals surface area contributed by atoms with E-state index in [1.165, 1.54) is 12.1 Å². The van der Waals surface area contributed by atoms with E-state index in [2.05, 4.69) is 15.6 Å². The number of fused-ring (bicyclic) bond motifs is 1. The highest BCUT2D eigenvalue weighted by molar-refractivity contribution is 6.37. The lowest BCUT2D eigenvalue weighted by Gasteiger charge is -2.19. The van der Waals surface area contributed by atoms with Crippen molar-refractivity contribution in [3.8, 4) is 17.5 Å². The van der Waals surface area contributed by atoms with Crippen LogP contribution in [0, 0.1) is 18.3 Å². The van der Waals surface area contributed by atoms with Gasteiger partial charge in [0, 0.05) is 5.56 Å². The van der Waals surface area contributed by atoms with Crippen molar-refractivity contribution in [2.45, 2.75) is 13.5 Å². The number of hydrazone groups is 1. The summed E-state index contributed by atoms with van der Waals surface area (Å²) in [5.74, 6) is 0.424. The van der Waals surface area contributed by atoms with Gasteiger partial charge in [-0.25, -0.2) is 4.79 Å². The van der Waals surface area contributed by atoms with Crippen LogP contribution in [0.2, 0.25) is 10.0 Å². The Morgan fingerprint density at radius 3 is 2.63 bits per heavy atom. The second-order valence-corrected chi connectivity index (χ2v) is 7.20. The molecule has 0 amide bonds. The molecule has 0 saturated carbocycles. The first-order chi connectivity index (χ1) is 14.4. The molecule has 0 atom stereocenters. The van der Waals surface area contributed by atoms with E-state index in [1.54, 1.807) is 6.07 Å². The lowest BCUT2D eigenvalue weighted by molar-refractivity contribution is 0.529. The molecule has 150 valence electrons. The van der Waals surface area contributed by atoms with Crippen molar-refractivity contribution in [3.05, 3.63) is 83.6 Å². The summed E-state index contributed by atoms with van der Waals surface area (Å²) < 4.78 is 6.69. The highest BCUT2D eigenvalue weighted by Gasteiger charge is 2.20. The zero-order chi connectivity index (χ0) is 21.4. The summed E-state index contributed by atoms with van der Waals surface area (Å²) in [6.45, 7) is 2.55. The van der Waals surface area contributed by atoms with Crippen molar-refractivity contribution in [3.63, 3.8) is 0 Å². The van der Waals surface area contributed by atoms with Gasteiger partial charge in [0.1, 0.15) is 6.07 Å². The fraction of sp³-hybridized carbons (Fsp3) is 0.105. The van der Waals surface area contributed by atoms with Gasteiger partial charge in [0.15, 0.2) is 5.75 Å². The van der Waals surface area contributed by atoms with Crippen molar-refractivity contribution in [1.82, 2.24) is 20.2 Å². The van der Waals surface area contributed by atoms with E-state index in [-0.39, 0.29) is 21.5 Å². The van der Waals surface area contributed by atoms with Gasteiger partial charge in [0.25, 0.3) is 5.56 Å². The molecule has 0 aliphatic carbocycles. The molecule has 3 aromatic rings. The number of ether oxygens (including phenoxy) is 1. The molecular formula is C19H12Cl2N6O3. The van der Waals surface area contributed by atoms with E-state index in [4.69, 9.17) is 33.2 Å². The number of rotatable bonds is 2. The number of aromatic nitrogens is 3. The third-order valence-electron chi connectivity index (χ3n) is 4.30. The molecule has 9 nitrogen and oxygen atoms in total. The Morgan fingerprint density at radius 1 is 1.20 bits per heavy atom. The molecule has 11 heteroatoms. The smallest absolute Gasteiger partial charge is 0.349 e. The van der Waals surface area contributed by atoms with E-state index in [0.29, 0.717) is 12.4 Å². The second-order valence-electron chi connectivity index (χ2n) is 6.38. The Bertz CT molecular complexity index is 1350. The molecule has 0 spiro atoms. The van der Waals surface area contributed by atoms with Crippen LogP contribution in [-0.4, -0.2) is 20.7 Å². The average Bonchev–Trinajstić information content (AvgIpc) is 2.70. The van der Waals surface area contributed by atoms with Crippen LogP contribution in [0.5, 0.6) is 5.75 Å². The Hall–Kier alpha value is -3.61. The van der Waals surface area contributed by atoms with Gasteiger partial charge in [-0.05, 0) is 30.7 Å². The Labute approximate surface area is 179 Å². The lowest BCUT2D eigenvalue weighted by Crippen LogP contribution is -2.33. The van der Waals surface area contributed by atoms with Crippen molar-refractivity contribution in [1.29, 1.82) is 5.26 Å². The predicted octanol–water partition coefficient (Wildman–Crippen LogP) is 2.25. The minimum atomic E-state index is -0.882. The number of aryl methyl sites for hydroxylation is 1. The monoisotopic (exact) mass is 442 g/mol. The fourth-order valence-electron chi connectivity index (χ4n) is 2.92. The van der Waals surface area contributed by atoms with Crippen LogP contribution in [0.3, 0.4) is 0 Å². The summed E-state index contributed by atoms with van der Waals surface area (Å²) >= 11 is 12.7. The zero-order valence-electron chi connectivity index (χ0n) is 15.4. The van der Waals surface area contributed by atoms with Crippen molar-refractivity contribution >= 4 is 29.1 Å². The molecule has 1 aliphatic heterocycles. The number of H-pyrrole nitrogens is 1. The number of aromatic amines is 1. The first-order valence-corrected chi connectivity index (χ1v) is 9.34. The summed E-state index contributed by atoms with van der Waals surface area (Å²) in [6.07, 6.45) is 0. The molecule has 1 aromatic heterocycles. The summed E-state index contributed by atoms with van der Waals surface area (Å²) in [7, 11) is 0. The van der Waals surface area contributed by atoms with E-state index in [1.807, 2.05) is 30.1 Å². The number of hydrogen-bond donors (Lipinski definition) is 2. The Morgan fingerprint density at radius 2 is 1.93 bits per heavy atom. The molecule has 4 rings (SSSR count). The maximum absolute atomic E-state index is 12.1. The molecule has 0 saturated heterocycles. The van der Waals surface area contributed by atoms with Crippen molar-refractivity contribution in [2.75, 3.05) is 0 Å². The Balaban J connectivity index is 1.74. The van der Waals surface area contributed by atoms with E-state index < -0.39 is 16.9 Å². The summed E-state index contributed by atoms with van der Waals surface area (Å²) in [5.41, 5.74) is 3.76. The number of nitrogens with zero attached hydrogens (tertiary/aromatic N) is 4. The average molecular weight is 443 g/mol. The first-order valence-electron chi connectivity index (χ1n) is 8.59. The number of nitrogens with one attached hydrogen (secondary N) is 2. The standard InChI is InChI=1S/C19H12Cl2N6O3/c1-9-2-3-12-10(4-9)8-23-25-18(12)30-16-13(20)5-11(6-14(16)21)27-19(29)24-17(28)15(7-22)26-27/h2-6,23H,8H2,1H3,(H,24,28,29). The predicted molar refractivity (Wildman–Crippen MR) is 110 cm³/mol. The zero-order valence-corrected chi connectivity index (χ0v) is 16.9. The third-order valence-corrected chi connectivity index (χ3v) is 4.86. The molecule has 0 unspecified atom stereocenters. The van der Waals surface area contributed by atoms with Crippen LogP contribution >= 0.6 is 23.2 Å². The molecular weight excluding hydrogens is 431 g/mol. The number of hydrogen-bond acceptors (Lipinski definition) is 7. The topological polar surface area (TPSA) is 125 Å². The van der Waals surface area contributed by atoms with Gasteiger partial charge in [0.2, 0.25) is 11.6 Å². The summed E-state index contributed by atoms with van der Waals surface area (Å²) in [4.78, 5) is 25.6. The quantitative estimate of drug-likeness (QED) is 0.626. The highest BCUT2D eigenvalue weighted by Crippen LogP contribution is 2.36. The molecule has 30 heavy (non-hydrogen) atoms. The highest BCUT2D eigenvalue weighted by atomic mass is 35.5. The van der Waals surface area contributed by atoms with Gasteiger partial charge in [-0.1, -0.05) is 40.9 Å². The molecule has 0 fully saturated rings. The van der Waals surface area contributed by atoms with Crippen LogP contribution < -0.4 is 21.4 Å². The molecule has 0 radical (unpaired) electrons. The van der Waals surface area contributed by atoms with Crippen LogP contribution in [0.1, 0.15) is 22.4 Å². The first kappa shape index (κ1) is 19.7. The van der Waals surface area contributed by atoms with Gasteiger partial charge in [-0.15, -0.1) is 10.2 Å². The minimum Gasteiger partial charge on any atom is -0.434 e. The van der Waals surface area contributed by atoms with Gasteiger partial charge >= 0.3 is 5.69 Å². The second kappa shape index (κ2) is 7.67. The van der Waals surface area contributed by atoms with Crippen molar-refractivity contribution < 1.29 is 4.74 Å². The van der Waals surface area contributed by atoms with E-state index >= 15 is 0 Å². The van der Waals surface area contributed by atoms with Crippen LogP contribution in [0.15, 0.2) is 45.0 Å².